The zero-order valence-corrected chi connectivity index (χ0v) is 19.3. The van der Waals surface area contributed by atoms with Gasteiger partial charge in [-0.1, -0.05) is 18.2 Å². The lowest BCUT2D eigenvalue weighted by molar-refractivity contribution is -0.137. The Hall–Kier alpha value is -4.28. The highest BCUT2D eigenvalue weighted by Gasteiger charge is 2.30. The van der Waals surface area contributed by atoms with Crippen molar-refractivity contribution in [3.63, 3.8) is 0 Å². The number of nitrogens with one attached hydrogen (secondary N) is 3. The highest BCUT2D eigenvalue weighted by Crippen LogP contribution is 2.39. The third-order valence-electron chi connectivity index (χ3n) is 5.70. The van der Waals surface area contributed by atoms with Crippen LogP contribution in [-0.4, -0.2) is 30.1 Å². The van der Waals surface area contributed by atoms with Crippen molar-refractivity contribution in [2.75, 3.05) is 10.6 Å². The number of aromatic nitrogens is 6. The van der Waals surface area contributed by atoms with Gasteiger partial charge in [0.25, 0.3) is 0 Å². The van der Waals surface area contributed by atoms with E-state index in [0.29, 0.717) is 23.2 Å². The maximum absolute atomic E-state index is 13.1. The van der Waals surface area contributed by atoms with Crippen LogP contribution in [0.4, 0.5) is 30.9 Å². The van der Waals surface area contributed by atoms with Crippen molar-refractivity contribution < 1.29 is 13.2 Å². The molecular weight excluding hydrogens is 469 g/mol. The summed E-state index contributed by atoms with van der Waals surface area (Å²) in [7, 11) is 0. The van der Waals surface area contributed by atoms with Crippen LogP contribution in [0, 0.1) is 0 Å². The molecule has 0 radical (unpaired) electrons. The van der Waals surface area contributed by atoms with Gasteiger partial charge in [0.1, 0.15) is 0 Å². The average molecular weight is 493 g/mol. The van der Waals surface area contributed by atoms with Gasteiger partial charge in [0.15, 0.2) is 11.6 Å². The molecule has 3 heterocycles. The molecule has 4 aromatic rings. The molecule has 0 amide bonds. The van der Waals surface area contributed by atoms with E-state index in [2.05, 4.69) is 40.8 Å². The Balaban J connectivity index is 1.42. The van der Waals surface area contributed by atoms with Crippen LogP contribution in [0.5, 0.6) is 0 Å². The number of hydrogen-bond donors (Lipinski definition) is 3. The highest BCUT2D eigenvalue weighted by molar-refractivity contribution is 5.68. The topological polar surface area (TPSA) is 104 Å². The normalized spacial score (nSPS) is 14.7. The first-order valence-corrected chi connectivity index (χ1v) is 11.4. The molecule has 1 atom stereocenters. The summed E-state index contributed by atoms with van der Waals surface area (Å²) >= 11 is 0. The van der Waals surface area contributed by atoms with Crippen LogP contribution in [0.25, 0.3) is 12.2 Å². The number of rotatable bonds is 8. The van der Waals surface area contributed by atoms with Gasteiger partial charge in [0.05, 0.1) is 11.6 Å². The van der Waals surface area contributed by atoms with E-state index in [1.54, 1.807) is 24.5 Å². The molecule has 1 fully saturated rings. The molecule has 1 saturated carbocycles. The van der Waals surface area contributed by atoms with Crippen LogP contribution in [0.15, 0.2) is 54.9 Å². The first-order valence-electron chi connectivity index (χ1n) is 11.4. The Morgan fingerprint density at radius 3 is 2.53 bits per heavy atom. The molecule has 0 spiro atoms. The van der Waals surface area contributed by atoms with Crippen LogP contribution in [-0.2, 0) is 6.18 Å². The summed E-state index contributed by atoms with van der Waals surface area (Å²) in [4.78, 5) is 17.4. The molecule has 0 saturated heterocycles. The molecule has 0 bridgehead atoms. The summed E-state index contributed by atoms with van der Waals surface area (Å²) < 4.78 is 39.2. The van der Waals surface area contributed by atoms with Crippen molar-refractivity contribution in [3.05, 3.63) is 83.1 Å². The van der Waals surface area contributed by atoms with E-state index in [9.17, 15) is 13.2 Å². The molecule has 0 aliphatic heterocycles. The van der Waals surface area contributed by atoms with Gasteiger partial charge in [-0.15, -0.1) is 0 Å². The number of aromatic amines is 1. The number of nitrogens with zero attached hydrogens (tertiary/aromatic N) is 5. The predicted molar refractivity (Wildman–Crippen MR) is 130 cm³/mol. The Bertz CT molecular complexity index is 1360. The second-order valence-electron chi connectivity index (χ2n) is 8.55. The van der Waals surface area contributed by atoms with Gasteiger partial charge in [-0.25, -0.2) is 0 Å². The van der Waals surface area contributed by atoms with Crippen molar-refractivity contribution in [2.24, 2.45) is 0 Å². The van der Waals surface area contributed by atoms with Crippen molar-refractivity contribution in [1.82, 2.24) is 30.1 Å². The van der Waals surface area contributed by atoms with Crippen molar-refractivity contribution >= 4 is 29.9 Å². The lowest BCUT2D eigenvalue weighted by atomic mass is 10.1. The van der Waals surface area contributed by atoms with E-state index in [1.807, 2.05) is 25.1 Å². The van der Waals surface area contributed by atoms with Crippen LogP contribution < -0.4 is 10.6 Å². The lowest BCUT2D eigenvalue weighted by Crippen LogP contribution is -2.12. The minimum atomic E-state index is -4.42. The highest BCUT2D eigenvalue weighted by atomic mass is 19.4. The zero-order chi connectivity index (χ0) is 25.1. The third kappa shape index (κ3) is 5.85. The standard InChI is InChI=1S/C25H23F3N8/c1-15(17-9-11-29-12-10-17)30-23-31-21(8-5-16-3-2-4-19(13-16)25(26,27)28)32-24(34-23)33-22-14-20(35-36-22)18-6-7-18/h2-5,8-15,18H,6-7H2,1H3,(H3,30,31,32,33,34,35,36)/b8-5+. The van der Waals surface area contributed by atoms with Crippen molar-refractivity contribution in [3.8, 4) is 0 Å². The van der Waals surface area contributed by atoms with Gasteiger partial charge < -0.3 is 10.6 Å². The molecular formula is C25H23F3N8. The van der Waals surface area contributed by atoms with E-state index < -0.39 is 11.7 Å². The summed E-state index contributed by atoms with van der Waals surface area (Å²) in [5.41, 5.74) is 1.70. The van der Waals surface area contributed by atoms with Gasteiger partial charge in [0, 0.05) is 30.1 Å². The maximum Gasteiger partial charge on any atom is 0.416 e. The molecule has 11 heteroatoms. The molecule has 184 valence electrons. The summed E-state index contributed by atoms with van der Waals surface area (Å²) in [5.74, 6) is 1.91. The van der Waals surface area contributed by atoms with E-state index in [-0.39, 0.29) is 17.8 Å². The Morgan fingerprint density at radius 1 is 1.00 bits per heavy atom. The van der Waals surface area contributed by atoms with Crippen LogP contribution in [0.2, 0.25) is 0 Å². The second-order valence-corrected chi connectivity index (χ2v) is 8.55. The van der Waals surface area contributed by atoms with Crippen molar-refractivity contribution in [2.45, 2.75) is 37.9 Å². The zero-order valence-electron chi connectivity index (χ0n) is 19.3. The smallest absolute Gasteiger partial charge is 0.348 e. The quantitative estimate of drug-likeness (QED) is 0.278. The molecule has 36 heavy (non-hydrogen) atoms. The fourth-order valence-corrected chi connectivity index (χ4v) is 3.62. The maximum atomic E-state index is 13.1. The molecule has 1 aliphatic rings. The molecule has 3 aromatic heterocycles. The van der Waals surface area contributed by atoms with Crippen LogP contribution in [0.1, 0.15) is 59.9 Å². The number of H-pyrrole nitrogens is 1. The SMILES string of the molecule is CC(Nc1nc(/C=C/c2cccc(C(F)(F)F)c2)nc(Nc2cc(C3CC3)[nH]n2)n1)c1ccncc1. The summed E-state index contributed by atoms with van der Waals surface area (Å²) in [6, 6.07) is 10.6. The first-order chi connectivity index (χ1) is 17.3. The molecule has 1 aliphatic carbocycles. The van der Waals surface area contributed by atoms with Crippen LogP contribution >= 0.6 is 0 Å². The Kier molecular flexibility index (Phi) is 6.36. The second kappa shape index (κ2) is 9.76. The fourth-order valence-electron chi connectivity index (χ4n) is 3.62. The van der Waals surface area contributed by atoms with E-state index in [1.165, 1.54) is 12.1 Å². The van der Waals surface area contributed by atoms with Gasteiger partial charge in [-0.05, 0) is 61.2 Å². The van der Waals surface area contributed by atoms with Gasteiger partial charge in [0.2, 0.25) is 11.9 Å². The van der Waals surface area contributed by atoms with E-state index in [4.69, 9.17) is 0 Å². The number of hydrogen-bond acceptors (Lipinski definition) is 7. The molecule has 1 aromatic carbocycles. The van der Waals surface area contributed by atoms with Crippen molar-refractivity contribution in [1.29, 1.82) is 0 Å². The number of alkyl halides is 3. The fraction of sp³-hybridized carbons (Fsp3) is 0.240. The van der Waals surface area contributed by atoms with E-state index >= 15 is 0 Å². The van der Waals surface area contributed by atoms with E-state index in [0.717, 1.165) is 36.2 Å². The lowest BCUT2D eigenvalue weighted by Gasteiger charge is -2.14. The number of halogens is 3. The summed E-state index contributed by atoms with van der Waals surface area (Å²) in [5, 5.41) is 13.6. The molecule has 5 rings (SSSR count). The Morgan fingerprint density at radius 2 is 1.78 bits per heavy atom. The minimum absolute atomic E-state index is 0.129. The summed E-state index contributed by atoms with van der Waals surface area (Å²) in [6.45, 7) is 1.96. The third-order valence-corrected chi connectivity index (χ3v) is 5.70. The van der Waals surface area contributed by atoms with Gasteiger partial charge in [-0.2, -0.15) is 33.2 Å². The summed E-state index contributed by atoms with van der Waals surface area (Å²) in [6.07, 6.45) is 4.34. The van der Waals surface area contributed by atoms with Gasteiger partial charge in [-0.3, -0.25) is 10.1 Å². The average Bonchev–Trinajstić information content (AvgIpc) is 3.62. The monoisotopic (exact) mass is 492 g/mol. The molecule has 3 N–H and O–H groups in total. The first kappa shape index (κ1) is 23.5. The minimum Gasteiger partial charge on any atom is -0.348 e. The van der Waals surface area contributed by atoms with Crippen LogP contribution in [0.3, 0.4) is 0 Å². The number of pyridine rings is 1. The molecule has 1 unspecified atom stereocenters. The number of benzene rings is 1. The van der Waals surface area contributed by atoms with Gasteiger partial charge >= 0.3 is 6.18 Å². The largest absolute Gasteiger partial charge is 0.416 e. The predicted octanol–water partition coefficient (Wildman–Crippen LogP) is 5.97. The number of anilines is 3. The molecule has 8 nitrogen and oxygen atoms in total. The Labute approximate surface area is 205 Å².